The largest absolute Gasteiger partial charge is 0.241 e. The van der Waals surface area contributed by atoms with Gasteiger partial charge in [0.25, 0.3) is 0 Å². The first kappa shape index (κ1) is 15.2. The summed E-state index contributed by atoms with van der Waals surface area (Å²) in [4.78, 5) is 0.376. The van der Waals surface area contributed by atoms with Gasteiger partial charge in [-0.25, -0.2) is 13.1 Å². The Balaban J connectivity index is 2.74. The summed E-state index contributed by atoms with van der Waals surface area (Å²) in [6, 6.07) is 7.02. The predicted molar refractivity (Wildman–Crippen MR) is 75.0 cm³/mol. The Morgan fingerprint density at radius 3 is 2.28 bits per heavy atom. The fraction of sp³-hybridized carbons (Fsp3) is 0.571. The molecule has 0 aliphatic heterocycles. The van der Waals surface area contributed by atoms with Gasteiger partial charge in [0.15, 0.2) is 0 Å². The van der Waals surface area contributed by atoms with E-state index >= 15 is 0 Å². The summed E-state index contributed by atoms with van der Waals surface area (Å²) in [6.45, 7) is 8.01. The molecule has 1 N–H and O–H groups in total. The molecular formula is C14H23NO2S. The molecule has 0 aliphatic rings. The maximum absolute atomic E-state index is 12.2. The molecule has 4 heteroatoms. The SMILES string of the molecule is Cc1ccccc1S(=O)(=O)NC(C)CCC(C)C. The van der Waals surface area contributed by atoms with Crippen LogP contribution in [-0.4, -0.2) is 14.5 Å². The van der Waals surface area contributed by atoms with Gasteiger partial charge in [0.2, 0.25) is 10.0 Å². The topological polar surface area (TPSA) is 46.2 Å². The first-order valence-corrected chi connectivity index (χ1v) is 7.89. The van der Waals surface area contributed by atoms with E-state index in [1.807, 2.05) is 26.0 Å². The monoisotopic (exact) mass is 269 g/mol. The van der Waals surface area contributed by atoms with Crippen molar-refractivity contribution in [1.29, 1.82) is 0 Å². The molecule has 102 valence electrons. The third kappa shape index (κ3) is 4.42. The molecule has 0 bridgehead atoms. The summed E-state index contributed by atoms with van der Waals surface area (Å²) in [6.07, 6.45) is 1.89. The Kier molecular flexibility index (Phi) is 5.35. The van der Waals surface area contributed by atoms with Crippen molar-refractivity contribution >= 4 is 10.0 Å². The summed E-state index contributed by atoms with van der Waals surface area (Å²) < 4.78 is 27.1. The van der Waals surface area contributed by atoms with Crippen LogP contribution in [-0.2, 0) is 10.0 Å². The van der Waals surface area contributed by atoms with Gasteiger partial charge in [0, 0.05) is 6.04 Å². The predicted octanol–water partition coefficient (Wildman–Crippen LogP) is 3.10. The Hall–Kier alpha value is -0.870. The molecule has 1 unspecified atom stereocenters. The van der Waals surface area contributed by atoms with Crippen molar-refractivity contribution in [3.63, 3.8) is 0 Å². The molecule has 0 saturated heterocycles. The van der Waals surface area contributed by atoms with E-state index in [0.717, 1.165) is 18.4 Å². The molecule has 1 rings (SSSR count). The minimum atomic E-state index is -3.39. The van der Waals surface area contributed by atoms with Crippen molar-refractivity contribution < 1.29 is 8.42 Å². The number of aryl methyl sites for hydroxylation is 1. The third-order valence-electron chi connectivity index (χ3n) is 2.92. The summed E-state index contributed by atoms with van der Waals surface area (Å²) in [5.74, 6) is 0.593. The number of hydrogen-bond donors (Lipinski definition) is 1. The van der Waals surface area contributed by atoms with Crippen LogP contribution in [0.25, 0.3) is 0 Å². The molecule has 18 heavy (non-hydrogen) atoms. The summed E-state index contributed by atoms with van der Waals surface area (Å²) in [5, 5.41) is 0. The van der Waals surface area contributed by atoms with Gasteiger partial charge in [-0.15, -0.1) is 0 Å². The highest BCUT2D eigenvalue weighted by molar-refractivity contribution is 7.89. The quantitative estimate of drug-likeness (QED) is 0.862. The summed E-state index contributed by atoms with van der Waals surface area (Å²) in [5.41, 5.74) is 0.779. The van der Waals surface area contributed by atoms with Crippen LogP contribution in [0.1, 0.15) is 39.2 Å². The second-order valence-electron chi connectivity index (χ2n) is 5.26. The van der Waals surface area contributed by atoms with Gasteiger partial charge in [0.05, 0.1) is 4.90 Å². The second kappa shape index (κ2) is 6.34. The van der Waals surface area contributed by atoms with Crippen molar-refractivity contribution in [3.8, 4) is 0 Å². The first-order valence-electron chi connectivity index (χ1n) is 6.41. The number of nitrogens with one attached hydrogen (secondary N) is 1. The zero-order valence-corrected chi connectivity index (χ0v) is 12.4. The van der Waals surface area contributed by atoms with E-state index in [0.29, 0.717) is 10.8 Å². The highest BCUT2D eigenvalue weighted by Crippen LogP contribution is 2.15. The second-order valence-corrected chi connectivity index (χ2v) is 6.94. The minimum Gasteiger partial charge on any atom is -0.208 e. The van der Waals surface area contributed by atoms with Crippen LogP contribution in [0.2, 0.25) is 0 Å². The van der Waals surface area contributed by atoms with E-state index in [9.17, 15) is 8.42 Å². The highest BCUT2D eigenvalue weighted by atomic mass is 32.2. The van der Waals surface area contributed by atoms with Gasteiger partial charge >= 0.3 is 0 Å². The van der Waals surface area contributed by atoms with Crippen LogP contribution in [0, 0.1) is 12.8 Å². The zero-order chi connectivity index (χ0) is 13.8. The lowest BCUT2D eigenvalue weighted by Crippen LogP contribution is -2.33. The molecule has 0 radical (unpaired) electrons. The number of sulfonamides is 1. The summed E-state index contributed by atoms with van der Waals surface area (Å²) >= 11 is 0. The van der Waals surface area contributed by atoms with E-state index in [-0.39, 0.29) is 6.04 Å². The molecule has 0 heterocycles. The van der Waals surface area contributed by atoms with E-state index in [1.54, 1.807) is 12.1 Å². The lowest BCUT2D eigenvalue weighted by atomic mass is 10.1. The third-order valence-corrected chi connectivity index (χ3v) is 4.67. The lowest BCUT2D eigenvalue weighted by Gasteiger charge is -2.16. The summed E-state index contributed by atoms with van der Waals surface area (Å²) in [7, 11) is -3.39. The van der Waals surface area contributed by atoms with Crippen molar-refractivity contribution in [1.82, 2.24) is 4.72 Å². The maximum Gasteiger partial charge on any atom is 0.241 e. The van der Waals surface area contributed by atoms with Crippen LogP contribution in [0.4, 0.5) is 0 Å². The van der Waals surface area contributed by atoms with Gasteiger partial charge < -0.3 is 0 Å². The van der Waals surface area contributed by atoms with Crippen molar-refractivity contribution in [2.75, 3.05) is 0 Å². The molecule has 0 aromatic heterocycles. The Labute approximate surface area is 111 Å². The Morgan fingerprint density at radius 1 is 1.11 bits per heavy atom. The smallest absolute Gasteiger partial charge is 0.208 e. The molecule has 1 aromatic rings. The molecule has 1 aromatic carbocycles. The van der Waals surface area contributed by atoms with Crippen LogP contribution in [0.5, 0.6) is 0 Å². The van der Waals surface area contributed by atoms with Gasteiger partial charge in [-0.1, -0.05) is 32.0 Å². The van der Waals surface area contributed by atoms with Gasteiger partial charge in [0.1, 0.15) is 0 Å². The van der Waals surface area contributed by atoms with E-state index in [4.69, 9.17) is 0 Å². The van der Waals surface area contributed by atoms with Crippen molar-refractivity contribution in [3.05, 3.63) is 29.8 Å². The van der Waals surface area contributed by atoms with Crippen LogP contribution < -0.4 is 4.72 Å². The molecule has 0 fully saturated rings. The van der Waals surface area contributed by atoms with E-state index < -0.39 is 10.0 Å². The van der Waals surface area contributed by atoms with E-state index in [1.165, 1.54) is 0 Å². The van der Waals surface area contributed by atoms with Gasteiger partial charge in [-0.05, 0) is 44.2 Å². The highest BCUT2D eigenvalue weighted by Gasteiger charge is 2.18. The normalized spacial score (nSPS) is 13.8. The molecular weight excluding hydrogens is 246 g/mol. The van der Waals surface area contributed by atoms with Crippen molar-refractivity contribution in [2.45, 2.75) is 51.5 Å². The first-order chi connectivity index (χ1) is 8.33. The molecule has 1 atom stereocenters. The zero-order valence-electron chi connectivity index (χ0n) is 11.6. The van der Waals surface area contributed by atoms with Crippen LogP contribution >= 0.6 is 0 Å². The van der Waals surface area contributed by atoms with E-state index in [2.05, 4.69) is 18.6 Å². The van der Waals surface area contributed by atoms with Crippen molar-refractivity contribution in [2.24, 2.45) is 5.92 Å². The Morgan fingerprint density at radius 2 is 1.72 bits per heavy atom. The minimum absolute atomic E-state index is 0.0305. The van der Waals surface area contributed by atoms with Crippen LogP contribution in [0.3, 0.4) is 0 Å². The fourth-order valence-electron chi connectivity index (χ4n) is 1.83. The number of benzene rings is 1. The lowest BCUT2D eigenvalue weighted by molar-refractivity contribution is 0.485. The Bertz CT molecular complexity index is 480. The number of hydrogen-bond acceptors (Lipinski definition) is 2. The maximum atomic E-state index is 12.2. The molecule has 3 nitrogen and oxygen atoms in total. The average molecular weight is 269 g/mol. The number of rotatable bonds is 6. The van der Waals surface area contributed by atoms with Crippen LogP contribution in [0.15, 0.2) is 29.2 Å². The fourth-order valence-corrected chi connectivity index (χ4v) is 3.35. The standard InChI is InChI=1S/C14H23NO2S/c1-11(2)9-10-13(4)15-18(16,17)14-8-6-5-7-12(14)3/h5-8,11,13,15H,9-10H2,1-4H3. The molecule has 0 amide bonds. The molecule has 0 spiro atoms. The molecule has 0 saturated carbocycles. The van der Waals surface area contributed by atoms with Gasteiger partial charge in [-0.3, -0.25) is 0 Å². The average Bonchev–Trinajstić information content (AvgIpc) is 2.26. The van der Waals surface area contributed by atoms with Gasteiger partial charge in [-0.2, -0.15) is 0 Å². The molecule has 0 aliphatic carbocycles.